The summed E-state index contributed by atoms with van der Waals surface area (Å²) in [5.74, 6) is 0.836. The molecule has 2 rings (SSSR count). The summed E-state index contributed by atoms with van der Waals surface area (Å²) < 4.78 is 5.68. The molecule has 3 atom stereocenters. The van der Waals surface area contributed by atoms with Crippen molar-refractivity contribution in [3.05, 3.63) is 0 Å². The molecule has 0 aromatic carbocycles. The molecule has 3 heteroatoms. The van der Waals surface area contributed by atoms with Crippen molar-refractivity contribution in [3.8, 4) is 0 Å². The van der Waals surface area contributed by atoms with E-state index in [1.54, 1.807) is 0 Å². The maximum atomic E-state index is 6.04. The van der Waals surface area contributed by atoms with Gasteiger partial charge in [0.25, 0.3) is 0 Å². The first kappa shape index (κ1) is 14.3. The van der Waals surface area contributed by atoms with Crippen molar-refractivity contribution in [3.63, 3.8) is 0 Å². The van der Waals surface area contributed by atoms with Gasteiger partial charge in [0, 0.05) is 31.2 Å². The Morgan fingerprint density at radius 3 is 2.67 bits per heavy atom. The average molecular weight is 254 g/mol. The van der Waals surface area contributed by atoms with E-state index < -0.39 is 0 Å². The highest BCUT2D eigenvalue weighted by Gasteiger charge is 2.35. The largest absolute Gasteiger partial charge is 0.381 e. The molecule has 0 spiro atoms. The highest BCUT2D eigenvalue weighted by molar-refractivity contribution is 4.89. The molecule has 0 aromatic rings. The Labute approximate surface area is 112 Å². The molecule has 3 nitrogen and oxygen atoms in total. The molecule has 1 saturated heterocycles. The molecule has 1 heterocycles. The average Bonchev–Trinajstić information content (AvgIpc) is 2.40. The van der Waals surface area contributed by atoms with Gasteiger partial charge in [0.2, 0.25) is 0 Å². The van der Waals surface area contributed by atoms with Crippen LogP contribution < -0.4 is 5.73 Å². The highest BCUT2D eigenvalue weighted by atomic mass is 16.5. The van der Waals surface area contributed by atoms with Crippen LogP contribution in [0.4, 0.5) is 0 Å². The van der Waals surface area contributed by atoms with Crippen LogP contribution in [0.15, 0.2) is 0 Å². The first-order chi connectivity index (χ1) is 8.67. The van der Waals surface area contributed by atoms with E-state index in [2.05, 4.69) is 18.9 Å². The number of rotatable bonds is 4. The molecular formula is C15H30N2O. The standard InChI is InChI=1S/C15H30N2O/c1-13-6-3-4-7-14(13)17(2)11-15(10-16)8-5-9-18-12-15/h13-14H,3-12,16H2,1-2H3. The lowest BCUT2D eigenvalue weighted by Gasteiger charge is -2.44. The second-order valence-corrected chi connectivity index (χ2v) is 6.60. The lowest BCUT2D eigenvalue weighted by Crippen LogP contribution is -2.51. The van der Waals surface area contributed by atoms with Crippen LogP contribution in [0.1, 0.15) is 45.4 Å². The third-order valence-corrected chi connectivity index (χ3v) is 5.05. The van der Waals surface area contributed by atoms with E-state index in [1.165, 1.54) is 38.5 Å². The van der Waals surface area contributed by atoms with Gasteiger partial charge in [0.05, 0.1) is 6.61 Å². The van der Waals surface area contributed by atoms with E-state index in [-0.39, 0.29) is 5.41 Å². The Kier molecular flexibility index (Phi) is 5.05. The minimum Gasteiger partial charge on any atom is -0.381 e. The van der Waals surface area contributed by atoms with Gasteiger partial charge in [-0.1, -0.05) is 19.8 Å². The summed E-state index contributed by atoms with van der Waals surface area (Å²) in [6.45, 7) is 6.06. The minimum atomic E-state index is 0.212. The van der Waals surface area contributed by atoms with Crippen molar-refractivity contribution in [2.75, 3.05) is 33.4 Å². The Hall–Kier alpha value is -0.120. The zero-order valence-corrected chi connectivity index (χ0v) is 12.2. The Morgan fingerprint density at radius 1 is 1.28 bits per heavy atom. The van der Waals surface area contributed by atoms with Gasteiger partial charge in [0.1, 0.15) is 0 Å². The van der Waals surface area contributed by atoms with Crippen LogP contribution in [-0.2, 0) is 4.74 Å². The third kappa shape index (κ3) is 3.25. The predicted octanol–water partition coefficient (Wildman–Crippen LogP) is 2.25. The van der Waals surface area contributed by atoms with Crippen LogP contribution in [0.25, 0.3) is 0 Å². The maximum Gasteiger partial charge on any atom is 0.0546 e. The molecule has 0 bridgehead atoms. The Morgan fingerprint density at radius 2 is 2.06 bits per heavy atom. The van der Waals surface area contributed by atoms with Crippen molar-refractivity contribution in [2.24, 2.45) is 17.1 Å². The van der Waals surface area contributed by atoms with Crippen molar-refractivity contribution < 1.29 is 4.74 Å². The molecule has 2 fully saturated rings. The summed E-state index contributed by atoms with van der Waals surface area (Å²) in [6.07, 6.45) is 7.96. The van der Waals surface area contributed by atoms with Crippen molar-refractivity contribution >= 4 is 0 Å². The Balaban J connectivity index is 1.93. The number of hydrogen-bond donors (Lipinski definition) is 1. The summed E-state index contributed by atoms with van der Waals surface area (Å²) in [5, 5.41) is 0. The van der Waals surface area contributed by atoms with Crippen LogP contribution in [0, 0.1) is 11.3 Å². The molecule has 0 radical (unpaired) electrons. The topological polar surface area (TPSA) is 38.5 Å². The van der Waals surface area contributed by atoms with E-state index in [0.717, 1.165) is 38.3 Å². The van der Waals surface area contributed by atoms with Crippen molar-refractivity contribution in [1.82, 2.24) is 4.90 Å². The fraction of sp³-hybridized carbons (Fsp3) is 1.00. The SMILES string of the molecule is CC1CCCCC1N(C)CC1(CN)CCCOC1. The number of ether oxygens (including phenoxy) is 1. The minimum absolute atomic E-state index is 0.212. The molecule has 106 valence electrons. The molecule has 3 unspecified atom stereocenters. The van der Waals surface area contributed by atoms with Crippen LogP contribution in [0.2, 0.25) is 0 Å². The molecular weight excluding hydrogens is 224 g/mol. The van der Waals surface area contributed by atoms with Crippen LogP contribution in [0.5, 0.6) is 0 Å². The highest BCUT2D eigenvalue weighted by Crippen LogP contribution is 2.32. The molecule has 2 aliphatic rings. The molecule has 1 saturated carbocycles. The zero-order chi connectivity index (χ0) is 13.0. The number of hydrogen-bond acceptors (Lipinski definition) is 3. The van der Waals surface area contributed by atoms with E-state index in [1.807, 2.05) is 0 Å². The van der Waals surface area contributed by atoms with Crippen molar-refractivity contribution in [1.29, 1.82) is 0 Å². The summed E-state index contributed by atoms with van der Waals surface area (Å²) in [5.41, 5.74) is 6.26. The molecule has 0 aromatic heterocycles. The normalized spacial score (nSPS) is 38.0. The van der Waals surface area contributed by atoms with Gasteiger partial charge in [0.15, 0.2) is 0 Å². The van der Waals surface area contributed by atoms with E-state index >= 15 is 0 Å². The third-order valence-electron chi connectivity index (χ3n) is 5.05. The lowest BCUT2D eigenvalue weighted by atomic mass is 9.79. The quantitative estimate of drug-likeness (QED) is 0.836. The first-order valence-corrected chi connectivity index (χ1v) is 7.65. The van der Waals surface area contributed by atoms with Gasteiger partial charge in [-0.15, -0.1) is 0 Å². The second kappa shape index (κ2) is 6.36. The second-order valence-electron chi connectivity index (χ2n) is 6.60. The molecule has 2 N–H and O–H groups in total. The summed E-state index contributed by atoms with van der Waals surface area (Å²) >= 11 is 0. The molecule has 18 heavy (non-hydrogen) atoms. The molecule has 1 aliphatic carbocycles. The summed E-state index contributed by atoms with van der Waals surface area (Å²) in [6, 6.07) is 0.754. The van der Waals surface area contributed by atoms with Gasteiger partial charge in [-0.05, 0) is 38.6 Å². The van der Waals surface area contributed by atoms with Crippen LogP contribution in [-0.4, -0.2) is 44.3 Å². The van der Waals surface area contributed by atoms with Gasteiger partial charge in [-0.25, -0.2) is 0 Å². The maximum absolute atomic E-state index is 6.04. The smallest absolute Gasteiger partial charge is 0.0546 e. The molecule has 1 aliphatic heterocycles. The van der Waals surface area contributed by atoms with Gasteiger partial charge >= 0.3 is 0 Å². The molecule has 0 amide bonds. The summed E-state index contributed by atoms with van der Waals surface area (Å²) in [7, 11) is 2.29. The fourth-order valence-corrected chi connectivity index (χ4v) is 3.86. The van der Waals surface area contributed by atoms with E-state index in [9.17, 15) is 0 Å². The van der Waals surface area contributed by atoms with Crippen molar-refractivity contribution in [2.45, 2.75) is 51.5 Å². The summed E-state index contributed by atoms with van der Waals surface area (Å²) in [4.78, 5) is 2.57. The lowest BCUT2D eigenvalue weighted by molar-refractivity contribution is -0.0303. The van der Waals surface area contributed by atoms with Crippen LogP contribution >= 0.6 is 0 Å². The fourth-order valence-electron chi connectivity index (χ4n) is 3.86. The predicted molar refractivity (Wildman–Crippen MR) is 75.6 cm³/mol. The van der Waals surface area contributed by atoms with Gasteiger partial charge in [-0.2, -0.15) is 0 Å². The Bertz CT molecular complexity index is 251. The van der Waals surface area contributed by atoms with E-state index in [4.69, 9.17) is 10.5 Å². The zero-order valence-electron chi connectivity index (χ0n) is 12.2. The first-order valence-electron chi connectivity index (χ1n) is 7.65. The van der Waals surface area contributed by atoms with Gasteiger partial charge in [-0.3, -0.25) is 0 Å². The van der Waals surface area contributed by atoms with Gasteiger partial charge < -0.3 is 15.4 Å². The monoisotopic (exact) mass is 254 g/mol. The number of nitrogens with two attached hydrogens (primary N) is 1. The van der Waals surface area contributed by atoms with E-state index in [0.29, 0.717) is 0 Å². The number of nitrogens with zero attached hydrogens (tertiary/aromatic N) is 1. The van der Waals surface area contributed by atoms with Crippen LogP contribution in [0.3, 0.4) is 0 Å².